The van der Waals surface area contributed by atoms with E-state index in [0.717, 1.165) is 67.9 Å². The highest BCUT2D eigenvalue weighted by Crippen LogP contribution is 2.25. The van der Waals surface area contributed by atoms with Crippen molar-refractivity contribution in [2.24, 2.45) is 0 Å². The molecule has 0 saturated carbocycles. The fourth-order valence-corrected chi connectivity index (χ4v) is 3.50. The molecule has 5 nitrogen and oxygen atoms in total. The molecule has 4 rings (SSSR count). The van der Waals surface area contributed by atoms with E-state index in [-0.39, 0.29) is 5.82 Å². The molecule has 0 bridgehead atoms. The summed E-state index contributed by atoms with van der Waals surface area (Å²) in [6, 6.07) is 18.8. The fraction of sp³-hybridized carbons (Fsp3) is 0.304. The Morgan fingerprint density at radius 3 is 2.28 bits per heavy atom. The minimum atomic E-state index is -0.200. The summed E-state index contributed by atoms with van der Waals surface area (Å²) in [5.74, 6) is 2.34. The van der Waals surface area contributed by atoms with E-state index in [9.17, 15) is 4.39 Å². The van der Waals surface area contributed by atoms with Crippen molar-refractivity contribution in [3.63, 3.8) is 0 Å². The zero-order valence-corrected chi connectivity index (χ0v) is 16.7. The van der Waals surface area contributed by atoms with Crippen LogP contribution in [0.25, 0.3) is 11.4 Å². The molecule has 1 aliphatic rings. The molecule has 29 heavy (non-hydrogen) atoms. The summed E-state index contributed by atoms with van der Waals surface area (Å²) in [5, 5.41) is 3.40. The molecule has 0 atom stereocenters. The summed E-state index contributed by atoms with van der Waals surface area (Å²) in [7, 11) is 0. The summed E-state index contributed by atoms with van der Waals surface area (Å²) in [6.45, 7) is 6.47. The van der Waals surface area contributed by atoms with E-state index in [4.69, 9.17) is 9.97 Å². The molecule has 150 valence electrons. The first-order valence-electron chi connectivity index (χ1n) is 10.2. The van der Waals surface area contributed by atoms with Crippen LogP contribution < -0.4 is 15.1 Å². The Hall–Kier alpha value is -3.15. The number of piperazine rings is 1. The van der Waals surface area contributed by atoms with Crippen LogP contribution >= 0.6 is 0 Å². The van der Waals surface area contributed by atoms with E-state index in [1.807, 2.05) is 48.5 Å². The van der Waals surface area contributed by atoms with E-state index in [2.05, 4.69) is 22.0 Å². The third kappa shape index (κ3) is 4.65. The Bertz CT molecular complexity index is 922. The lowest BCUT2D eigenvalue weighted by molar-refractivity contribution is 0.624. The van der Waals surface area contributed by atoms with Gasteiger partial charge in [-0.3, -0.25) is 0 Å². The Morgan fingerprint density at radius 2 is 1.59 bits per heavy atom. The second-order valence-electron chi connectivity index (χ2n) is 7.18. The molecule has 1 saturated heterocycles. The average molecular weight is 391 g/mol. The highest BCUT2D eigenvalue weighted by Gasteiger charge is 2.20. The topological polar surface area (TPSA) is 44.3 Å². The molecule has 2 heterocycles. The largest absolute Gasteiger partial charge is 0.370 e. The molecule has 0 amide bonds. The molecule has 1 aliphatic heterocycles. The third-order valence-electron chi connectivity index (χ3n) is 5.10. The van der Waals surface area contributed by atoms with Gasteiger partial charge in [0.25, 0.3) is 0 Å². The van der Waals surface area contributed by atoms with Gasteiger partial charge in [-0.25, -0.2) is 14.4 Å². The lowest BCUT2D eigenvalue weighted by Gasteiger charge is -2.37. The summed E-state index contributed by atoms with van der Waals surface area (Å²) < 4.78 is 13.2. The summed E-state index contributed by atoms with van der Waals surface area (Å²) in [6.07, 6.45) is 1.04. The van der Waals surface area contributed by atoms with Gasteiger partial charge in [-0.05, 0) is 30.7 Å². The molecule has 0 radical (unpaired) electrons. The van der Waals surface area contributed by atoms with Crippen LogP contribution in [0.1, 0.15) is 13.3 Å². The van der Waals surface area contributed by atoms with Gasteiger partial charge in [-0.1, -0.05) is 37.3 Å². The van der Waals surface area contributed by atoms with Crippen LogP contribution in [0.15, 0.2) is 60.7 Å². The smallest absolute Gasteiger partial charge is 0.163 e. The zero-order chi connectivity index (χ0) is 20.1. The SMILES string of the molecule is CCCNc1cc(N2CCN(c3ccc(F)cc3)CC2)nc(-c2ccccc2)n1. The first kappa shape index (κ1) is 19.2. The van der Waals surface area contributed by atoms with E-state index in [1.165, 1.54) is 12.1 Å². The molecule has 2 aromatic carbocycles. The van der Waals surface area contributed by atoms with Gasteiger partial charge in [0.15, 0.2) is 5.82 Å². The minimum Gasteiger partial charge on any atom is -0.370 e. The van der Waals surface area contributed by atoms with E-state index >= 15 is 0 Å². The van der Waals surface area contributed by atoms with Gasteiger partial charge in [0, 0.05) is 50.0 Å². The molecule has 1 aromatic heterocycles. The number of halogens is 1. The van der Waals surface area contributed by atoms with Crippen molar-refractivity contribution in [2.75, 3.05) is 47.8 Å². The lowest BCUT2D eigenvalue weighted by Crippen LogP contribution is -2.46. The first-order valence-corrected chi connectivity index (χ1v) is 10.2. The van der Waals surface area contributed by atoms with Crippen molar-refractivity contribution in [1.82, 2.24) is 9.97 Å². The van der Waals surface area contributed by atoms with Crippen LogP contribution in [0.4, 0.5) is 21.7 Å². The number of nitrogens with one attached hydrogen (secondary N) is 1. The summed E-state index contributed by atoms with van der Waals surface area (Å²) in [4.78, 5) is 14.1. The normalized spacial score (nSPS) is 14.1. The van der Waals surface area contributed by atoms with E-state index < -0.39 is 0 Å². The molecule has 0 unspecified atom stereocenters. The van der Waals surface area contributed by atoms with Gasteiger partial charge in [-0.15, -0.1) is 0 Å². The molecule has 0 aliphatic carbocycles. The Balaban J connectivity index is 1.53. The Labute approximate surface area is 171 Å². The highest BCUT2D eigenvalue weighted by atomic mass is 19.1. The van der Waals surface area contributed by atoms with E-state index in [1.54, 1.807) is 0 Å². The number of rotatable bonds is 6. The second kappa shape index (κ2) is 8.90. The Morgan fingerprint density at radius 1 is 0.897 bits per heavy atom. The predicted molar refractivity (Wildman–Crippen MR) is 117 cm³/mol. The average Bonchev–Trinajstić information content (AvgIpc) is 2.79. The maximum absolute atomic E-state index is 13.2. The predicted octanol–water partition coefficient (Wildman–Crippen LogP) is 4.43. The molecule has 6 heteroatoms. The second-order valence-corrected chi connectivity index (χ2v) is 7.18. The van der Waals surface area contributed by atoms with Crippen molar-refractivity contribution >= 4 is 17.3 Å². The quantitative estimate of drug-likeness (QED) is 0.673. The van der Waals surface area contributed by atoms with Crippen molar-refractivity contribution in [3.05, 3.63) is 66.5 Å². The van der Waals surface area contributed by atoms with Crippen molar-refractivity contribution in [3.8, 4) is 11.4 Å². The minimum absolute atomic E-state index is 0.200. The maximum atomic E-state index is 13.2. The van der Waals surface area contributed by atoms with Crippen LogP contribution in [0.5, 0.6) is 0 Å². The number of hydrogen-bond donors (Lipinski definition) is 1. The monoisotopic (exact) mass is 391 g/mol. The molecule has 0 spiro atoms. The van der Waals surface area contributed by atoms with Gasteiger partial charge >= 0.3 is 0 Å². The molecule has 3 aromatic rings. The molecule has 1 fully saturated rings. The number of nitrogens with zero attached hydrogens (tertiary/aromatic N) is 4. The third-order valence-corrected chi connectivity index (χ3v) is 5.10. The van der Waals surface area contributed by atoms with Gasteiger partial charge in [-0.2, -0.15) is 0 Å². The number of aromatic nitrogens is 2. The zero-order valence-electron chi connectivity index (χ0n) is 16.7. The van der Waals surface area contributed by atoms with Crippen LogP contribution in [-0.2, 0) is 0 Å². The molecular weight excluding hydrogens is 365 g/mol. The fourth-order valence-electron chi connectivity index (χ4n) is 3.50. The van der Waals surface area contributed by atoms with Crippen molar-refractivity contribution < 1.29 is 4.39 Å². The van der Waals surface area contributed by atoms with Crippen LogP contribution in [0.3, 0.4) is 0 Å². The maximum Gasteiger partial charge on any atom is 0.163 e. The number of anilines is 3. The van der Waals surface area contributed by atoms with Gasteiger partial charge < -0.3 is 15.1 Å². The molecule has 1 N–H and O–H groups in total. The number of hydrogen-bond acceptors (Lipinski definition) is 5. The standard InChI is InChI=1S/C23H26FN5/c1-2-12-25-21-17-22(27-23(26-21)18-6-4-3-5-7-18)29-15-13-28(14-16-29)20-10-8-19(24)9-11-20/h3-11,17H,2,12-16H2,1H3,(H,25,26,27). The lowest BCUT2D eigenvalue weighted by atomic mass is 10.2. The van der Waals surface area contributed by atoms with Gasteiger partial charge in [0.1, 0.15) is 17.5 Å². The van der Waals surface area contributed by atoms with Crippen LogP contribution in [0, 0.1) is 5.82 Å². The Kier molecular flexibility index (Phi) is 5.89. The van der Waals surface area contributed by atoms with Crippen molar-refractivity contribution in [1.29, 1.82) is 0 Å². The van der Waals surface area contributed by atoms with Gasteiger partial charge in [0.05, 0.1) is 0 Å². The number of benzene rings is 2. The van der Waals surface area contributed by atoms with Crippen LogP contribution in [-0.4, -0.2) is 42.7 Å². The van der Waals surface area contributed by atoms with Gasteiger partial charge in [0.2, 0.25) is 0 Å². The highest BCUT2D eigenvalue weighted by molar-refractivity contribution is 5.62. The summed E-state index contributed by atoms with van der Waals surface area (Å²) >= 11 is 0. The summed E-state index contributed by atoms with van der Waals surface area (Å²) in [5.41, 5.74) is 2.07. The molecular formula is C23H26FN5. The first-order chi connectivity index (χ1) is 14.2. The van der Waals surface area contributed by atoms with Crippen LogP contribution in [0.2, 0.25) is 0 Å². The van der Waals surface area contributed by atoms with E-state index in [0.29, 0.717) is 0 Å². The van der Waals surface area contributed by atoms with Crippen molar-refractivity contribution in [2.45, 2.75) is 13.3 Å².